The van der Waals surface area contributed by atoms with E-state index in [2.05, 4.69) is 25.5 Å². The van der Waals surface area contributed by atoms with E-state index in [0.29, 0.717) is 16.7 Å². The van der Waals surface area contributed by atoms with Gasteiger partial charge in [0, 0.05) is 12.7 Å². The van der Waals surface area contributed by atoms with Crippen LogP contribution >= 0.6 is 11.8 Å². The maximum Gasteiger partial charge on any atom is 0.451 e. The van der Waals surface area contributed by atoms with Crippen molar-refractivity contribution in [2.75, 3.05) is 5.32 Å². The average molecular weight is 386 g/mol. The van der Waals surface area contributed by atoms with E-state index < -0.39 is 23.2 Å². The zero-order valence-corrected chi connectivity index (χ0v) is 14.3. The van der Waals surface area contributed by atoms with Gasteiger partial charge in [-0.15, -0.1) is 10.2 Å². The van der Waals surface area contributed by atoms with Crippen molar-refractivity contribution in [2.45, 2.75) is 23.5 Å². The molecule has 2 aromatic heterocycles. The number of fused-ring (bicyclic) bond motifs is 1. The number of rotatable bonds is 4. The molecule has 1 aromatic carbocycles. The number of halogens is 3. The maximum absolute atomic E-state index is 12.7. The number of carbonyl (C=O) groups excluding carboxylic acids is 1. The Labute approximate surface area is 148 Å². The second-order valence-electron chi connectivity index (χ2n) is 5.45. The van der Waals surface area contributed by atoms with E-state index in [4.69, 9.17) is 0 Å². The van der Waals surface area contributed by atoms with Crippen LogP contribution in [0.5, 0.6) is 0 Å². The quantitative estimate of drug-likeness (QED) is 0.595. The van der Waals surface area contributed by atoms with Crippen molar-refractivity contribution in [3.63, 3.8) is 0 Å². The van der Waals surface area contributed by atoms with Gasteiger partial charge >= 0.3 is 11.9 Å². The first kappa shape index (κ1) is 18.0. The minimum Gasteiger partial charge on any atom is -0.325 e. The smallest absolute Gasteiger partial charge is 0.325 e. The molecule has 0 radical (unpaired) electrons. The molecule has 1 amide bonds. The molecule has 138 valence electrons. The summed E-state index contributed by atoms with van der Waals surface area (Å²) in [6.07, 6.45) is -4.62. The van der Waals surface area contributed by atoms with Gasteiger partial charge in [0.15, 0.2) is 5.16 Å². The number of hydrogen-bond acceptors (Lipinski definition) is 5. The van der Waals surface area contributed by atoms with Crippen molar-refractivity contribution in [1.82, 2.24) is 24.7 Å². The molecule has 1 atom stereocenters. The SMILES string of the molecule is C[C@H](Sc1nnc(C(F)(F)F)n1C)C(=O)Nc1ccc2[nH]c(=O)[nH]c2c1. The van der Waals surface area contributed by atoms with Crippen molar-refractivity contribution in [3.05, 3.63) is 34.5 Å². The number of anilines is 1. The molecular weight excluding hydrogens is 373 g/mol. The van der Waals surface area contributed by atoms with Crippen LogP contribution in [-0.4, -0.2) is 35.9 Å². The lowest BCUT2D eigenvalue weighted by molar-refractivity contribution is -0.147. The molecular formula is C14H13F3N6O2S. The van der Waals surface area contributed by atoms with Crippen LogP contribution in [0.2, 0.25) is 0 Å². The molecule has 0 fully saturated rings. The molecule has 0 spiro atoms. The van der Waals surface area contributed by atoms with Gasteiger partial charge in [-0.1, -0.05) is 11.8 Å². The molecule has 0 aliphatic rings. The number of thioether (sulfide) groups is 1. The number of aromatic amines is 2. The number of carbonyl (C=O) groups is 1. The minimum atomic E-state index is -4.62. The van der Waals surface area contributed by atoms with Crippen LogP contribution in [-0.2, 0) is 18.0 Å². The van der Waals surface area contributed by atoms with Crippen molar-refractivity contribution in [1.29, 1.82) is 0 Å². The first-order valence-electron chi connectivity index (χ1n) is 7.31. The monoisotopic (exact) mass is 386 g/mol. The van der Waals surface area contributed by atoms with Gasteiger partial charge in [-0.05, 0) is 25.1 Å². The number of nitrogens with one attached hydrogen (secondary N) is 3. The summed E-state index contributed by atoms with van der Waals surface area (Å²) in [4.78, 5) is 28.7. The van der Waals surface area contributed by atoms with Crippen molar-refractivity contribution >= 4 is 34.4 Å². The van der Waals surface area contributed by atoms with Gasteiger partial charge in [0.25, 0.3) is 0 Å². The van der Waals surface area contributed by atoms with Gasteiger partial charge in [-0.3, -0.25) is 4.79 Å². The Hall–Kier alpha value is -2.76. The van der Waals surface area contributed by atoms with Gasteiger partial charge in [-0.2, -0.15) is 13.2 Å². The van der Waals surface area contributed by atoms with Gasteiger partial charge in [0.1, 0.15) is 0 Å². The third kappa shape index (κ3) is 3.59. The molecule has 8 nitrogen and oxygen atoms in total. The van der Waals surface area contributed by atoms with Gasteiger partial charge in [0.2, 0.25) is 11.7 Å². The number of benzene rings is 1. The molecule has 3 N–H and O–H groups in total. The van der Waals surface area contributed by atoms with Gasteiger partial charge < -0.3 is 19.9 Å². The Bertz CT molecular complexity index is 1020. The van der Waals surface area contributed by atoms with Crippen molar-refractivity contribution in [3.8, 4) is 0 Å². The summed E-state index contributed by atoms with van der Waals surface area (Å²) in [7, 11) is 1.19. The fourth-order valence-corrected chi connectivity index (χ4v) is 3.04. The Kier molecular flexibility index (Phi) is 4.52. The minimum absolute atomic E-state index is 0.0228. The molecule has 3 rings (SSSR count). The van der Waals surface area contributed by atoms with Crippen LogP contribution < -0.4 is 11.0 Å². The highest BCUT2D eigenvalue weighted by atomic mass is 32.2. The lowest BCUT2D eigenvalue weighted by Gasteiger charge is -2.12. The molecule has 12 heteroatoms. The molecule has 0 unspecified atom stereocenters. The number of aromatic nitrogens is 5. The highest BCUT2D eigenvalue weighted by Gasteiger charge is 2.37. The standard InChI is InChI=1S/C14H13F3N6O2S/c1-6(26-13-22-21-11(23(13)2)14(15,16)17)10(24)18-7-3-4-8-9(5-7)20-12(25)19-8/h3-6H,1-2H3,(H,18,24)(H2,19,20,25)/t6-/m0/s1. The summed E-state index contributed by atoms with van der Waals surface area (Å²) in [5.74, 6) is -1.56. The molecule has 0 aliphatic heterocycles. The van der Waals surface area contributed by atoms with Crippen molar-refractivity contribution < 1.29 is 18.0 Å². The number of alkyl halides is 3. The summed E-state index contributed by atoms with van der Waals surface area (Å²) in [6.45, 7) is 1.54. The fraction of sp³-hybridized carbons (Fsp3) is 0.286. The summed E-state index contributed by atoms with van der Waals surface area (Å²) in [6, 6.07) is 4.80. The summed E-state index contributed by atoms with van der Waals surface area (Å²) in [5.41, 5.74) is 1.19. The molecule has 0 saturated carbocycles. The second kappa shape index (κ2) is 6.52. The number of nitrogens with zero attached hydrogens (tertiary/aromatic N) is 3. The molecule has 0 bridgehead atoms. The van der Waals surface area contributed by atoms with E-state index >= 15 is 0 Å². The molecule has 3 aromatic rings. The predicted octanol–water partition coefficient (Wildman–Crippen LogP) is 2.12. The molecule has 0 aliphatic carbocycles. The molecule has 0 saturated heterocycles. The largest absolute Gasteiger partial charge is 0.451 e. The number of amides is 1. The zero-order chi connectivity index (χ0) is 19.1. The summed E-state index contributed by atoms with van der Waals surface area (Å²) >= 11 is 0.856. The van der Waals surface area contributed by atoms with E-state index in [9.17, 15) is 22.8 Å². The first-order chi connectivity index (χ1) is 12.1. The lowest BCUT2D eigenvalue weighted by Crippen LogP contribution is -2.23. The lowest BCUT2D eigenvalue weighted by atomic mass is 10.2. The summed E-state index contributed by atoms with van der Waals surface area (Å²) in [5, 5.41) is 8.50. The van der Waals surface area contributed by atoms with Crippen LogP contribution in [0.25, 0.3) is 11.0 Å². The van der Waals surface area contributed by atoms with E-state index in [0.717, 1.165) is 16.3 Å². The third-order valence-electron chi connectivity index (χ3n) is 3.52. The van der Waals surface area contributed by atoms with Crippen LogP contribution in [0.1, 0.15) is 12.7 Å². The van der Waals surface area contributed by atoms with Crippen LogP contribution in [0.3, 0.4) is 0 Å². The number of hydrogen-bond donors (Lipinski definition) is 3. The number of H-pyrrole nitrogens is 2. The zero-order valence-electron chi connectivity index (χ0n) is 13.5. The second-order valence-corrected chi connectivity index (χ2v) is 6.76. The topological polar surface area (TPSA) is 108 Å². The Morgan fingerprint density at radius 3 is 2.62 bits per heavy atom. The van der Waals surface area contributed by atoms with E-state index in [1.165, 1.54) is 7.05 Å². The highest BCUT2D eigenvalue weighted by molar-refractivity contribution is 8.00. The normalized spacial score (nSPS) is 13.1. The van der Waals surface area contributed by atoms with Crippen LogP contribution in [0.15, 0.2) is 28.2 Å². The van der Waals surface area contributed by atoms with E-state index in [1.54, 1.807) is 25.1 Å². The highest BCUT2D eigenvalue weighted by Crippen LogP contribution is 2.31. The average Bonchev–Trinajstić information content (AvgIpc) is 3.08. The number of imidazole rings is 1. The van der Waals surface area contributed by atoms with E-state index in [-0.39, 0.29) is 10.8 Å². The van der Waals surface area contributed by atoms with Crippen molar-refractivity contribution in [2.24, 2.45) is 7.05 Å². The Morgan fingerprint density at radius 1 is 1.27 bits per heavy atom. The van der Waals surface area contributed by atoms with Crippen LogP contribution in [0, 0.1) is 0 Å². The molecule has 2 heterocycles. The fourth-order valence-electron chi connectivity index (χ4n) is 2.23. The van der Waals surface area contributed by atoms with Gasteiger partial charge in [-0.25, -0.2) is 4.79 Å². The van der Waals surface area contributed by atoms with Crippen LogP contribution in [0.4, 0.5) is 18.9 Å². The Morgan fingerprint density at radius 2 is 1.96 bits per heavy atom. The first-order valence-corrected chi connectivity index (χ1v) is 8.19. The summed E-state index contributed by atoms with van der Waals surface area (Å²) < 4.78 is 39.0. The van der Waals surface area contributed by atoms with Gasteiger partial charge in [0.05, 0.1) is 16.3 Å². The third-order valence-corrected chi connectivity index (χ3v) is 4.66. The molecule has 26 heavy (non-hydrogen) atoms. The maximum atomic E-state index is 12.7. The predicted molar refractivity (Wildman–Crippen MR) is 88.9 cm³/mol. The Balaban J connectivity index is 1.71. The van der Waals surface area contributed by atoms with E-state index in [1.807, 2.05) is 0 Å².